The molecule has 2 N–H and O–H groups in total. The van der Waals surface area contributed by atoms with Crippen LogP contribution < -0.4 is 5.32 Å². The number of benzene rings is 1. The lowest BCUT2D eigenvalue weighted by Gasteiger charge is -2.24. The minimum Gasteiger partial charge on any atom is -0.378 e. The van der Waals surface area contributed by atoms with Crippen LogP contribution in [-0.4, -0.2) is 24.7 Å². The number of rotatable bonds is 1. The molecule has 0 aliphatic carbocycles. The summed E-state index contributed by atoms with van der Waals surface area (Å²) in [5, 5.41) is 4.72. The summed E-state index contributed by atoms with van der Waals surface area (Å²) >= 11 is 0. The molecule has 1 saturated heterocycles. The summed E-state index contributed by atoms with van der Waals surface area (Å²) in [6.45, 7) is 2.54. The number of hydrogen-bond donors (Lipinski definition) is 2. The van der Waals surface area contributed by atoms with Gasteiger partial charge in [0.05, 0.1) is 19.3 Å². The van der Waals surface area contributed by atoms with Crippen LogP contribution in [0, 0.1) is 0 Å². The van der Waals surface area contributed by atoms with Crippen molar-refractivity contribution in [2.75, 3.05) is 19.8 Å². The Kier molecular flexibility index (Phi) is 3.49. The molecule has 0 unspecified atom stereocenters. The quantitative estimate of drug-likeness (QED) is 0.800. The van der Waals surface area contributed by atoms with E-state index in [1.54, 1.807) is 0 Å². The lowest BCUT2D eigenvalue weighted by Crippen LogP contribution is -2.34. The third kappa shape index (κ3) is 2.07. The van der Waals surface area contributed by atoms with Gasteiger partial charge in [-0.05, 0) is 29.1 Å². The Morgan fingerprint density at radius 1 is 1.25 bits per heavy atom. The molecule has 0 saturated carbocycles. The molecule has 4 heteroatoms. The Labute approximate surface area is 101 Å². The SMILES string of the molecule is Cl.c1cc2cc([C@@H]3COCCN3)ccc2[nH]1. The predicted octanol–water partition coefficient (Wildman–Crippen LogP) is 2.25. The van der Waals surface area contributed by atoms with Gasteiger partial charge in [0.2, 0.25) is 0 Å². The molecule has 1 aliphatic rings. The van der Waals surface area contributed by atoms with E-state index < -0.39 is 0 Å². The molecular weight excluding hydrogens is 224 g/mol. The van der Waals surface area contributed by atoms with E-state index in [1.165, 1.54) is 16.5 Å². The van der Waals surface area contributed by atoms with Gasteiger partial charge in [-0.2, -0.15) is 0 Å². The fourth-order valence-corrected chi connectivity index (χ4v) is 2.07. The predicted molar refractivity (Wildman–Crippen MR) is 67.1 cm³/mol. The van der Waals surface area contributed by atoms with Crippen molar-refractivity contribution >= 4 is 23.3 Å². The fraction of sp³-hybridized carbons (Fsp3) is 0.333. The van der Waals surface area contributed by atoms with Crippen LogP contribution in [0.1, 0.15) is 11.6 Å². The van der Waals surface area contributed by atoms with E-state index in [-0.39, 0.29) is 12.4 Å². The number of fused-ring (bicyclic) bond motifs is 1. The highest BCUT2D eigenvalue weighted by Gasteiger charge is 2.15. The van der Waals surface area contributed by atoms with Gasteiger partial charge in [-0.1, -0.05) is 6.07 Å². The number of ether oxygens (including phenoxy) is 1. The minimum absolute atomic E-state index is 0. The lowest BCUT2D eigenvalue weighted by molar-refractivity contribution is 0.0769. The van der Waals surface area contributed by atoms with E-state index >= 15 is 0 Å². The molecule has 16 heavy (non-hydrogen) atoms. The molecule has 2 heterocycles. The summed E-state index contributed by atoms with van der Waals surface area (Å²) in [7, 11) is 0. The van der Waals surface area contributed by atoms with Crippen LogP contribution in [-0.2, 0) is 4.74 Å². The largest absolute Gasteiger partial charge is 0.378 e. The van der Waals surface area contributed by atoms with Gasteiger partial charge < -0.3 is 15.0 Å². The third-order valence-electron chi connectivity index (χ3n) is 2.90. The molecule has 0 spiro atoms. The van der Waals surface area contributed by atoms with Gasteiger partial charge in [0.1, 0.15) is 0 Å². The Bertz CT molecular complexity index is 463. The summed E-state index contributed by atoms with van der Waals surface area (Å²) in [6.07, 6.45) is 1.97. The molecule has 0 amide bonds. The van der Waals surface area contributed by atoms with Crippen LogP contribution in [0.4, 0.5) is 0 Å². The molecule has 0 radical (unpaired) electrons. The fourth-order valence-electron chi connectivity index (χ4n) is 2.07. The van der Waals surface area contributed by atoms with Crippen molar-refractivity contribution in [1.82, 2.24) is 10.3 Å². The molecule has 86 valence electrons. The Balaban J connectivity index is 0.000000963. The summed E-state index contributed by atoms with van der Waals surface area (Å²) in [5.41, 5.74) is 2.50. The van der Waals surface area contributed by atoms with Crippen LogP contribution in [0.5, 0.6) is 0 Å². The number of morpholine rings is 1. The molecule has 1 fully saturated rings. The van der Waals surface area contributed by atoms with E-state index in [0.717, 1.165) is 19.8 Å². The topological polar surface area (TPSA) is 37.0 Å². The average molecular weight is 239 g/mol. The van der Waals surface area contributed by atoms with Gasteiger partial charge in [0, 0.05) is 18.3 Å². The normalized spacial score (nSPS) is 20.6. The van der Waals surface area contributed by atoms with E-state index in [1.807, 2.05) is 6.20 Å². The molecule has 2 aromatic rings. The molecule has 3 rings (SSSR count). The molecule has 1 aromatic heterocycles. The number of hydrogen-bond acceptors (Lipinski definition) is 2. The van der Waals surface area contributed by atoms with Crippen LogP contribution >= 0.6 is 12.4 Å². The van der Waals surface area contributed by atoms with Gasteiger partial charge in [-0.3, -0.25) is 0 Å². The molecule has 1 atom stereocenters. The maximum atomic E-state index is 5.46. The first-order chi connectivity index (χ1) is 7.43. The van der Waals surface area contributed by atoms with Crippen molar-refractivity contribution in [3.8, 4) is 0 Å². The van der Waals surface area contributed by atoms with Gasteiger partial charge in [-0.15, -0.1) is 12.4 Å². The monoisotopic (exact) mass is 238 g/mol. The van der Waals surface area contributed by atoms with Crippen LogP contribution in [0.2, 0.25) is 0 Å². The summed E-state index contributed by atoms with van der Waals surface area (Å²) in [5.74, 6) is 0. The van der Waals surface area contributed by atoms with Crippen molar-refractivity contribution in [2.24, 2.45) is 0 Å². The lowest BCUT2D eigenvalue weighted by atomic mass is 10.1. The zero-order valence-corrected chi connectivity index (χ0v) is 9.72. The standard InChI is InChI=1S/C12H14N2O.ClH/c1-2-11-10(3-4-13-11)7-9(1)12-8-15-6-5-14-12;/h1-4,7,12-14H,5-6,8H2;1H/t12-;/m0./s1. The van der Waals surface area contributed by atoms with Crippen molar-refractivity contribution in [3.05, 3.63) is 36.0 Å². The Hall–Kier alpha value is -1.03. The van der Waals surface area contributed by atoms with Crippen molar-refractivity contribution in [1.29, 1.82) is 0 Å². The second-order valence-electron chi connectivity index (χ2n) is 3.91. The Morgan fingerprint density at radius 2 is 2.19 bits per heavy atom. The summed E-state index contributed by atoms with van der Waals surface area (Å²) in [4.78, 5) is 3.20. The molecular formula is C12H15ClN2O. The van der Waals surface area contributed by atoms with E-state index in [4.69, 9.17) is 4.74 Å². The highest BCUT2D eigenvalue weighted by Crippen LogP contribution is 2.20. The second kappa shape index (κ2) is 4.87. The first-order valence-electron chi connectivity index (χ1n) is 5.32. The smallest absolute Gasteiger partial charge is 0.0662 e. The summed E-state index contributed by atoms with van der Waals surface area (Å²) < 4.78 is 5.46. The first kappa shape index (κ1) is 11.5. The van der Waals surface area contributed by atoms with Crippen molar-refractivity contribution in [3.63, 3.8) is 0 Å². The zero-order valence-electron chi connectivity index (χ0n) is 8.90. The maximum Gasteiger partial charge on any atom is 0.0662 e. The number of halogens is 1. The highest BCUT2D eigenvalue weighted by molar-refractivity contribution is 5.85. The maximum absolute atomic E-state index is 5.46. The van der Waals surface area contributed by atoms with Crippen molar-refractivity contribution in [2.45, 2.75) is 6.04 Å². The molecule has 1 aliphatic heterocycles. The Morgan fingerprint density at radius 3 is 3.00 bits per heavy atom. The van der Waals surface area contributed by atoms with E-state index in [9.17, 15) is 0 Å². The first-order valence-corrected chi connectivity index (χ1v) is 5.32. The highest BCUT2D eigenvalue weighted by atomic mass is 35.5. The minimum atomic E-state index is 0. The van der Waals surface area contributed by atoms with Crippen LogP contribution in [0.15, 0.2) is 30.5 Å². The van der Waals surface area contributed by atoms with Gasteiger partial charge in [0.25, 0.3) is 0 Å². The number of nitrogens with one attached hydrogen (secondary N) is 2. The second-order valence-corrected chi connectivity index (χ2v) is 3.91. The van der Waals surface area contributed by atoms with E-state index in [0.29, 0.717) is 6.04 Å². The van der Waals surface area contributed by atoms with E-state index in [2.05, 4.69) is 34.6 Å². The average Bonchev–Trinajstić information content (AvgIpc) is 2.77. The van der Waals surface area contributed by atoms with Gasteiger partial charge in [-0.25, -0.2) is 0 Å². The summed E-state index contributed by atoms with van der Waals surface area (Å²) in [6, 6.07) is 8.95. The third-order valence-corrected chi connectivity index (χ3v) is 2.90. The number of aromatic amines is 1. The van der Waals surface area contributed by atoms with Crippen molar-refractivity contribution < 1.29 is 4.74 Å². The number of aromatic nitrogens is 1. The molecule has 3 nitrogen and oxygen atoms in total. The molecule has 0 bridgehead atoms. The van der Waals surface area contributed by atoms with Gasteiger partial charge in [0.15, 0.2) is 0 Å². The zero-order chi connectivity index (χ0) is 10.1. The van der Waals surface area contributed by atoms with Gasteiger partial charge >= 0.3 is 0 Å². The number of H-pyrrole nitrogens is 1. The van der Waals surface area contributed by atoms with Crippen LogP contribution in [0.3, 0.4) is 0 Å². The molecule has 1 aromatic carbocycles. The van der Waals surface area contributed by atoms with Crippen LogP contribution in [0.25, 0.3) is 10.9 Å².